The first-order valence-corrected chi connectivity index (χ1v) is 3.68. The Hall–Kier alpha value is -2.12. The van der Waals surface area contributed by atoms with Gasteiger partial charge in [-0.05, 0) is 0 Å². The lowest BCUT2D eigenvalue weighted by molar-refractivity contribution is -0.132. The summed E-state index contributed by atoms with van der Waals surface area (Å²) in [6, 6.07) is -2.96. The van der Waals surface area contributed by atoms with Crippen LogP contribution >= 0.6 is 0 Å². The lowest BCUT2D eigenvalue weighted by atomic mass is 10.2. The molecule has 0 saturated carbocycles. The molecule has 0 aromatic rings. The van der Waals surface area contributed by atoms with E-state index in [-0.39, 0.29) is 0 Å². The molecular formula is C6H8N4O4. The topological polar surface area (TPSA) is 116 Å². The fraction of sp³-hybridized carbons (Fsp3) is 0.333. The Balaban J connectivity index is 2.68. The smallest absolute Gasteiger partial charge is 0.328 e. The van der Waals surface area contributed by atoms with E-state index in [1.54, 1.807) is 0 Å². The van der Waals surface area contributed by atoms with Crippen molar-refractivity contribution < 1.29 is 19.2 Å². The first-order valence-electron chi connectivity index (χ1n) is 3.68. The third-order valence-electron chi connectivity index (χ3n) is 1.50. The molecule has 1 aliphatic rings. The number of carbonyl (C=O) groups excluding carboxylic acids is 4. The molecule has 76 valence electrons. The Morgan fingerprint density at radius 2 is 1.71 bits per heavy atom. The largest absolute Gasteiger partial charge is 0.341 e. The third kappa shape index (κ3) is 1.97. The van der Waals surface area contributed by atoms with Crippen LogP contribution < -0.4 is 21.3 Å². The highest BCUT2D eigenvalue weighted by Crippen LogP contribution is 1.91. The van der Waals surface area contributed by atoms with E-state index in [2.05, 4.69) is 10.6 Å². The molecule has 0 atom stereocenters. The Bertz CT molecular complexity index is 293. The van der Waals surface area contributed by atoms with Crippen LogP contribution in [0.4, 0.5) is 9.59 Å². The minimum Gasteiger partial charge on any atom is -0.341 e. The number of hydrogen-bond donors (Lipinski definition) is 4. The molecule has 6 amide bonds. The molecular weight excluding hydrogens is 192 g/mol. The summed E-state index contributed by atoms with van der Waals surface area (Å²) in [5.41, 5.74) is 0. The summed E-state index contributed by atoms with van der Waals surface area (Å²) in [7, 11) is 1.33. The molecule has 4 N–H and O–H groups in total. The zero-order chi connectivity index (χ0) is 10.7. The molecule has 8 nitrogen and oxygen atoms in total. The zero-order valence-electron chi connectivity index (χ0n) is 7.21. The lowest BCUT2D eigenvalue weighted by Crippen LogP contribution is -2.65. The van der Waals surface area contributed by atoms with Crippen molar-refractivity contribution in [1.29, 1.82) is 0 Å². The van der Waals surface area contributed by atoms with E-state index in [1.165, 1.54) is 7.05 Å². The van der Waals surface area contributed by atoms with Gasteiger partial charge in [0.05, 0.1) is 0 Å². The van der Waals surface area contributed by atoms with Crippen LogP contribution in [0.1, 0.15) is 0 Å². The monoisotopic (exact) mass is 200 g/mol. The SMILES string of the molecule is CNC(=O)NC1C(=O)NC(=O)NC1=O. The maximum Gasteiger partial charge on any atom is 0.328 e. The van der Waals surface area contributed by atoms with Crippen molar-refractivity contribution in [1.82, 2.24) is 21.3 Å². The molecule has 0 aliphatic carbocycles. The molecule has 1 aliphatic heterocycles. The van der Waals surface area contributed by atoms with Gasteiger partial charge in [0, 0.05) is 7.05 Å². The number of urea groups is 2. The highest BCUT2D eigenvalue weighted by molar-refractivity contribution is 6.19. The van der Waals surface area contributed by atoms with Crippen LogP contribution in [0.3, 0.4) is 0 Å². The molecule has 0 aromatic carbocycles. The predicted octanol–water partition coefficient (Wildman–Crippen LogP) is -2.35. The number of nitrogens with one attached hydrogen (secondary N) is 4. The van der Waals surface area contributed by atoms with Crippen molar-refractivity contribution >= 4 is 23.9 Å². The van der Waals surface area contributed by atoms with Gasteiger partial charge in [0.2, 0.25) is 0 Å². The molecule has 1 saturated heterocycles. The lowest BCUT2D eigenvalue weighted by Gasteiger charge is -2.20. The van der Waals surface area contributed by atoms with Gasteiger partial charge < -0.3 is 10.6 Å². The molecule has 0 aromatic heterocycles. The quantitative estimate of drug-likeness (QED) is 0.354. The van der Waals surface area contributed by atoms with E-state index >= 15 is 0 Å². The van der Waals surface area contributed by atoms with Gasteiger partial charge in [-0.1, -0.05) is 0 Å². The number of carbonyl (C=O) groups is 4. The molecule has 0 spiro atoms. The van der Waals surface area contributed by atoms with Crippen LogP contribution in [0, 0.1) is 0 Å². The molecule has 1 rings (SSSR count). The number of amides is 6. The van der Waals surface area contributed by atoms with Crippen molar-refractivity contribution in [3.05, 3.63) is 0 Å². The summed E-state index contributed by atoms with van der Waals surface area (Å²) in [6.45, 7) is 0. The van der Waals surface area contributed by atoms with Gasteiger partial charge in [-0.3, -0.25) is 20.2 Å². The maximum atomic E-state index is 11.0. The van der Waals surface area contributed by atoms with E-state index in [0.29, 0.717) is 0 Å². The summed E-state index contributed by atoms with van der Waals surface area (Å²) in [5.74, 6) is -1.72. The van der Waals surface area contributed by atoms with Crippen LogP contribution in [-0.4, -0.2) is 37.0 Å². The number of barbiturate groups is 1. The van der Waals surface area contributed by atoms with Crippen molar-refractivity contribution in [3.8, 4) is 0 Å². The van der Waals surface area contributed by atoms with Crippen LogP contribution in [0.15, 0.2) is 0 Å². The van der Waals surface area contributed by atoms with Gasteiger partial charge in [0.15, 0.2) is 6.04 Å². The van der Waals surface area contributed by atoms with Crippen molar-refractivity contribution in [3.63, 3.8) is 0 Å². The molecule has 0 radical (unpaired) electrons. The average Bonchev–Trinajstić information content (AvgIpc) is 2.10. The van der Waals surface area contributed by atoms with E-state index in [9.17, 15) is 19.2 Å². The van der Waals surface area contributed by atoms with Crippen LogP contribution in [0.5, 0.6) is 0 Å². The zero-order valence-corrected chi connectivity index (χ0v) is 7.21. The average molecular weight is 200 g/mol. The highest BCUT2D eigenvalue weighted by atomic mass is 16.2. The van der Waals surface area contributed by atoms with Crippen molar-refractivity contribution in [2.75, 3.05) is 7.05 Å². The molecule has 1 fully saturated rings. The third-order valence-corrected chi connectivity index (χ3v) is 1.50. The molecule has 8 heteroatoms. The number of hydrogen-bond acceptors (Lipinski definition) is 4. The first-order chi connectivity index (χ1) is 6.54. The Labute approximate surface area is 78.4 Å². The van der Waals surface area contributed by atoms with Crippen molar-refractivity contribution in [2.45, 2.75) is 6.04 Å². The van der Waals surface area contributed by atoms with E-state index in [4.69, 9.17) is 0 Å². The van der Waals surface area contributed by atoms with Gasteiger partial charge in [-0.25, -0.2) is 9.59 Å². The molecule has 0 unspecified atom stereocenters. The Morgan fingerprint density at radius 1 is 1.21 bits per heavy atom. The second kappa shape index (κ2) is 3.73. The fourth-order valence-corrected chi connectivity index (χ4v) is 0.853. The van der Waals surface area contributed by atoms with Gasteiger partial charge in [0.1, 0.15) is 0 Å². The standard InChI is InChI=1S/C6H8N4O4/c1-7-5(13)8-2-3(11)9-6(14)10-4(2)12/h2H,1H3,(H2,7,8,13)(H2,9,10,11,12,14). The number of rotatable bonds is 1. The summed E-state index contributed by atoms with van der Waals surface area (Å²) in [5, 5.41) is 7.91. The maximum absolute atomic E-state index is 11.0. The fourth-order valence-electron chi connectivity index (χ4n) is 0.853. The van der Waals surface area contributed by atoms with Crippen LogP contribution in [0.2, 0.25) is 0 Å². The normalized spacial score (nSPS) is 17.1. The first kappa shape index (κ1) is 9.96. The van der Waals surface area contributed by atoms with Crippen LogP contribution in [-0.2, 0) is 9.59 Å². The second-order valence-electron chi connectivity index (χ2n) is 2.46. The van der Waals surface area contributed by atoms with E-state index < -0.39 is 29.9 Å². The van der Waals surface area contributed by atoms with Gasteiger partial charge >= 0.3 is 12.1 Å². The summed E-state index contributed by atoms with van der Waals surface area (Å²) in [4.78, 5) is 43.4. The van der Waals surface area contributed by atoms with Crippen LogP contribution in [0.25, 0.3) is 0 Å². The summed E-state index contributed by atoms with van der Waals surface area (Å²) < 4.78 is 0. The van der Waals surface area contributed by atoms with E-state index in [0.717, 1.165) is 0 Å². The molecule has 1 heterocycles. The van der Waals surface area contributed by atoms with E-state index in [1.807, 2.05) is 10.6 Å². The van der Waals surface area contributed by atoms with Crippen molar-refractivity contribution in [2.24, 2.45) is 0 Å². The highest BCUT2D eigenvalue weighted by Gasteiger charge is 2.34. The minimum absolute atomic E-state index is 0.686. The minimum atomic E-state index is -1.38. The predicted molar refractivity (Wildman–Crippen MR) is 43.1 cm³/mol. The Morgan fingerprint density at radius 3 is 2.14 bits per heavy atom. The molecule has 14 heavy (non-hydrogen) atoms. The number of imide groups is 2. The second-order valence-corrected chi connectivity index (χ2v) is 2.46. The van der Waals surface area contributed by atoms with Gasteiger partial charge in [-0.15, -0.1) is 0 Å². The summed E-state index contributed by atoms with van der Waals surface area (Å²) in [6.07, 6.45) is 0. The summed E-state index contributed by atoms with van der Waals surface area (Å²) >= 11 is 0. The molecule has 0 bridgehead atoms. The van der Waals surface area contributed by atoms with Gasteiger partial charge in [0.25, 0.3) is 11.8 Å². The van der Waals surface area contributed by atoms with Gasteiger partial charge in [-0.2, -0.15) is 0 Å². The Kier molecular flexibility index (Phi) is 2.65.